The molecule has 0 spiro atoms. The van der Waals surface area contributed by atoms with Gasteiger partial charge in [-0.3, -0.25) is 9.69 Å². The molecule has 1 saturated heterocycles. The van der Waals surface area contributed by atoms with Gasteiger partial charge in [0.05, 0.1) is 0 Å². The van der Waals surface area contributed by atoms with Crippen molar-refractivity contribution in [3.63, 3.8) is 0 Å². The minimum Gasteiger partial charge on any atom is -0.382 e. The molecule has 1 amide bonds. The number of hydrogen-bond donors (Lipinski definition) is 2. The van der Waals surface area contributed by atoms with E-state index in [0.717, 1.165) is 45.8 Å². The number of ether oxygens (including phenoxy) is 1. The topological polar surface area (TPSA) is 53.6 Å². The first kappa shape index (κ1) is 14.4. The van der Waals surface area contributed by atoms with Gasteiger partial charge in [0.2, 0.25) is 5.91 Å². The highest BCUT2D eigenvalue weighted by molar-refractivity contribution is 5.82. The predicted molar refractivity (Wildman–Crippen MR) is 68.0 cm³/mol. The van der Waals surface area contributed by atoms with E-state index in [2.05, 4.69) is 15.5 Å². The molecular formula is C12H25N3O2. The normalized spacial score (nSPS) is 21.4. The summed E-state index contributed by atoms with van der Waals surface area (Å²) in [4.78, 5) is 14.1. The number of carbonyl (C=O) groups excluding carboxylic acids is 1. The van der Waals surface area contributed by atoms with E-state index in [0.29, 0.717) is 6.54 Å². The van der Waals surface area contributed by atoms with Gasteiger partial charge >= 0.3 is 0 Å². The van der Waals surface area contributed by atoms with E-state index in [4.69, 9.17) is 4.74 Å². The average Bonchev–Trinajstić information content (AvgIpc) is 2.35. The molecule has 0 saturated carbocycles. The van der Waals surface area contributed by atoms with Gasteiger partial charge in [-0.25, -0.2) is 0 Å². The first-order valence-electron chi connectivity index (χ1n) is 6.59. The molecule has 0 aromatic heterocycles. The number of nitrogens with zero attached hydrogens (tertiary/aromatic N) is 1. The average molecular weight is 243 g/mol. The number of likely N-dealkylation sites (N-methyl/N-ethyl adjacent to an activating group) is 1. The molecule has 2 N–H and O–H groups in total. The smallest absolute Gasteiger partial charge is 0.238 e. The Morgan fingerprint density at radius 2 is 2.35 bits per heavy atom. The van der Waals surface area contributed by atoms with Gasteiger partial charge in [0.1, 0.15) is 6.04 Å². The molecule has 17 heavy (non-hydrogen) atoms. The second kappa shape index (κ2) is 8.44. The minimum atomic E-state index is -0.0228. The Kier molecular flexibility index (Phi) is 7.16. The predicted octanol–water partition coefficient (Wildman–Crippen LogP) is -0.177. The van der Waals surface area contributed by atoms with Crippen LogP contribution in [0.25, 0.3) is 0 Å². The third kappa shape index (κ3) is 5.02. The number of hydrogen-bond acceptors (Lipinski definition) is 4. The van der Waals surface area contributed by atoms with Crippen molar-refractivity contribution in [3.05, 3.63) is 0 Å². The van der Waals surface area contributed by atoms with E-state index in [1.807, 2.05) is 13.8 Å². The lowest BCUT2D eigenvalue weighted by Gasteiger charge is -2.35. The number of amides is 1. The van der Waals surface area contributed by atoms with Crippen molar-refractivity contribution in [1.82, 2.24) is 15.5 Å². The molecule has 100 valence electrons. The summed E-state index contributed by atoms with van der Waals surface area (Å²) in [5.41, 5.74) is 0. The van der Waals surface area contributed by atoms with Crippen molar-refractivity contribution in [2.45, 2.75) is 26.3 Å². The van der Waals surface area contributed by atoms with E-state index in [1.54, 1.807) is 0 Å². The maximum absolute atomic E-state index is 11.9. The molecule has 1 fully saturated rings. The van der Waals surface area contributed by atoms with Gasteiger partial charge in [0.25, 0.3) is 0 Å². The Balaban J connectivity index is 2.34. The second-order valence-electron chi connectivity index (χ2n) is 4.20. The molecule has 5 nitrogen and oxygen atoms in total. The Morgan fingerprint density at radius 1 is 1.53 bits per heavy atom. The highest BCUT2D eigenvalue weighted by Crippen LogP contribution is 2.04. The largest absolute Gasteiger partial charge is 0.382 e. The van der Waals surface area contributed by atoms with Crippen LogP contribution >= 0.6 is 0 Å². The maximum Gasteiger partial charge on any atom is 0.238 e. The summed E-state index contributed by atoms with van der Waals surface area (Å²) in [7, 11) is 0. The van der Waals surface area contributed by atoms with E-state index in [9.17, 15) is 4.79 Å². The zero-order valence-corrected chi connectivity index (χ0v) is 11.0. The lowest BCUT2D eigenvalue weighted by atomic mass is 10.1. The first-order chi connectivity index (χ1) is 8.29. The lowest BCUT2D eigenvalue weighted by molar-refractivity contribution is -0.127. The zero-order valence-electron chi connectivity index (χ0n) is 11.0. The molecule has 0 radical (unpaired) electrons. The van der Waals surface area contributed by atoms with Gasteiger partial charge in [-0.15, -0.1) is 0 Å². The third-order valence-corrected chi connectivity index (χ3v) is 2.95. The van der Waals surface area contributed by atoms with Crippen molar-refractivity contribution in [2.75, 3.05) is 45.9 Å². The summed E-state index contributed by atoms with van der Waals surface area (Å²) in [6, 6.07) is -0.0228. The SMILES string of the molecule is CCNC(=O)C1CNCCN1CCCOCC. The van der Waals surface area contributed by atoms with Gasteiger partial charge in [-0.05, 0) is 20.3 Å². The van der Waals surface area contributed by atoms with E-state index >= 15 is 0 Å². The Morgan fingerprint density at radius 3 is 3.06 bits per heavy atom. The molecule has 1 rings (SSSR count). The van der Waals surface area contributed by atoms with Crippen LogP contribution in [-0.2, 0) is 9.53 Å². The summed E-state index contributed by atoms with van der Waals surface area (Å²) in [6.07, 6.45) is 0.990. The lowest BCUT2D eigenvalue weighted by Crippen LogP contribution is -2.58. The highest BCUT2D eigenvalue weighted by atomic mass is 16.5. The monoisotopic (exact) mass is 243 g/mol. The van der Waals surface area contributed by atoms with E-state index in [-0.39, 0.29) is 11.9 Å². The van der Waals surface area contributed by atoms with Crippen LogP contribution in [0.3, 0.4) is 0 Å². The molecule has 0 aromatic carbocycles. The molecule has 0 bridgehead atoms. The summed E-state index contributed by atoms with van der Waals surface area (Å²) < 4.78 is 5.32. The summed E-state index contributed by atoms with van der Waals surface area (Å²) in [5.74, 6) is 0.135. The standard InChI is InChI=1S/C12H25N3O2/c1-3-14-12(16)11-10-13-6-8-15(11)7-5-9-17-4-2/h11,13H,3-10H2,1-2H3,(H,14,16). The quantitative estimate of drug-likeness (QED) is 0.609. The summed E-state index contributed by atoms with van der Waals surface area (Å²) in [5, 5.41) is 6.17. The van der Waals surface area contributed by atoms with Gasteiger partial charge in [-0.1, -0.05) is 0 Å². The second-order valence-corrected chi connectivity index (χ2v) is 4.20. The van der Waals surface area contributed by atoms with Crippen LogP contribution < -0.4 is 10.6 Å². The van der Waals surface area contributed by atoms with Crippen LogP contribution in [0.4, 0.5) is 0 Å². The van der Waals surface area contributed by atoms with E-state index < -0.39 is 0 Å². The summed E-state index contributed by atoms with van der Waals surface area (Å²) >= 11 is 0. The van der Waals surface area contributed by atoms with Crippen molar-refractivity contribution in [1.29, 1.82) is 0 Å². The highest BCUT2D eigenvalue weighted by Gasteiger charge is 2.27. The fourth-order valence-electron chi connectivity index (χ4n) is 2.08. The first-order valence-corrected chi connectivity index (χ1v) is 6.59. The van der Waals surface area contributed by atoms with Crippen LogP contribution in [0.5, 0.6) is 0 Å². The molecule has 1 unspecified atom stereocenters. The third-order valence-electron chi connectivity index (χ3n) is 2.95. The van der Waals surface area contributed by atoms with Crippen LogP contribution in [0.1, 0.15) is 20.3 Å². The van der Waals surface area contributed by atoms with Crippen molar-refractivity contribution in [2.24, 2.45) is 0 Å². The van der Waals surface area contributed by atoms with Gasteiger partial charge in [-0.2, -0.15) is 0 Å². The number of piperazine rings is 1. The molecular weight excluding hydrogens is 218 g/mol. The number of carbonyl (C=O) groups is 1. The molecule has 1 aliphatic heterocycles. The van der Waals surface area contributed by atoms with Crippen molar-refractivity contribution < 1.29 is 9.53 Å². The van der Waals surface area contributed by atoms with Crippen LogP contribution in [0, 0.1) is 0 Å². The zero-order chi connectivity index (χ0) is 12.5. The van der Waals surface area contributed by atoms with Crippen LogP contribution in [0.2, 0.25) is 0 Å². The minimum absolute atomic E-state index is 0.0228. The Labute approximate surface area is 104 Å². The maximum atomic E-state index is 11.9. The Bertz CT molecular complexity index is 224. The van der Waals surface area contributed by atoms with Crippen molar-refractivity contribution in [3.8, 4) is 0 Å². The molecule has 1 aliphatic rings. The Hall–Kier alpha value is -0.650. The van der Waals surface area contributed by atoms with Gasteiger partial charge < -0.3 is 15.4 Å². The molecule has 0 aromatic rings. The number of nitrogens with one attached hydrogen (secondary N) is 2. The fourth-order valence-corrected chi connectivity index (χ4v) is 2.08. The van der Waals surface area contributed by atoms with Crippen molar-refractivity contribution >= 4 is 5.91 Å². The molecule has 0 aliphatic carbocycles. The van der Waals surface area contributed by atoms with Crippen LogP contribution in [-0.4, -0.2) is 62.8 Å². The summed E-state index contributed by atoms with van der Waals surface area (Å²) in [6.45, 7) is 9.78. The molecule has 1 heterocycles. The van der Waals surface area contributed by atoms with Crippen LogP contribution in [0.15, 0.2) is 0 Å². The fraction of sp³-hybridized carbons (Fsp3) is 0.917. The molecule has 1 atom stereocenters. The van der Waals surface area contributed by atoms with Gasteiger partial charge in [0.15, 0.2) is 0 Å². The molecule has 5 heteroatoms. The number of rotatable bonds is 7. The van der Waals surface area contributed by atoms with E-state index in [1.165, 1.54) is 0 Å². The van der Waals surface area contributed by atoms with Gasteiger partial charge in [0, 0.05) is 45.9 Å².